The third-order valence-corrected chi connectivity index (χ3v) is 2.92. The molecule has 0 unspecified atom stereocenters. The van der Waals surface area contributed by atoms with E-state index in [4.69, 9.17) is 0 Å². The SMILES string of the molecule is Cc1cccc(CN2CCCNCC2)c1.Cl. The van der Waals surface area contributed by atoms with Gasteiger partial charge in [-0.05, 0) is 32.0 Å². The van der Waals surface area contributed by atoms with Crippen molar-refractivity contribution in [2.75, 3.05) is 26.2 Å². The maximum atomic E-state index is 3.43. The van der Waals surface area contributed by atoms with Gasteiger partial charge in [0.2, 0.25) is 0 Å². The highest BCUT2D eigenvalue weighted by atomic mass is 35.5. The standard InChI is InChI=1S/C13H20N2.ClH/c1-12-4-2-5-13(10-12)11-15-8-3-6-14-7-9-15;/h2,4-5,10,14H,3,6-9,11H2,1H3;1H. The topological polar surface area (TPSA) is 15.3 Å². The highest BCUT2D eigenvalue weighted by Gasteiger charge is 2.08. The summed E-state index contributed by atoms with van der Waals surface area (Å²) in [6.45, 7) is 7.96. The monoisotopic (exact) mass is 240 g/mol. The summed E-state index contributed by atoms with van der Waals surface area (Å²) < 4.78 is 0. The van der Waals surface area contributed by atoms with Gasteiger partial charge in [0.1, 0.15) is 0 Å². The Morgan fingerprint density at radius 3 is 2.94 bits per heavy atom. The lowest BCUT2D eigenvalue weighted by Crippen LogP contribution is -2.27. The van der Waals surface area contributed by atoms with Gasteiger partial charge >= 0.3 is 0 Å². The van der Waals surface area contributed by atoms with Crippen LogP contribution >= 0.6 is 12.4 Å². The molecule has 0 atom stereocenters. The number of hydrogen-bond acceptors (Lipinski definition) is 2. The van der Waals surface area contributed by atoms with E-state index in [2.05, 4.69) is 41.4 Å². The molecule has 3 heteroatoms. The number of nitrogens with one attached hydrogen (secondary N) is 1. The van der Waals surface area contributed by atoms with Crippen LogP contribution in [0.5, 0.6) is 0 Å². The van der Waals surface area contributed by atoms with Gasteiger partial charge in [-0.25, -0.2) is 0 Å². The normalized spacial score (nSPS) is 17.6. The number of halogens is 1. The molecule has 1 heterocycles. The fourth-order valence-electron chi connectivity index (χ4n) is 2.13. The van der Waals surface area contributed by atoms with Crippen LogP contribution in [-0.4, -0.2) is 31.1 Å². The van der Waals surface area contributed by atoms with Gasteiger partial charge in [-0.2, -0.15) is 0 Å². The molecule has 0 radical (unpaired) electrons. The van der Waals surface area contributed by atoms with E-state index < -0.39 is 0 Å². The second-order valence-corrected chi connectivity index (χ2v) is 4.37. The first-order valence-electron chi connectivity index (χ1n) is 5.83. The largest absolute Gasteiger partial charge is 0.315 e. The van der Waals surface area contributed by atoms with Crippen molar-refractivity contribution in [2.24, 2.45) is 0 Å². The Bertz CT molecular complexity index is 307. The van der Waals surface area contributed by atoms with Gasteiger partial charge in [0.15, 0.2) is 0 Å². The molecule has 1 aromatic carbocycles. The molecule has 1 aliphatic heterocycles. The van der Waals surface area contributed by atoms with Gasteiger partial charge in [-0.1, -0.05) is 29.8 Å². The van der Waals surface area contributed by atoms with Gasteiger partial charge in [-0.3, -0.25) is 4.90 Å². The molecular weight excluding hydrogens is 220 g/mol. The molecule has 90 valence electrons. The first kappa shape index (κ1) is 13.5. The molecule has 16 heavy (non-hydrogen) atoms. The van der Waals surface area contributed by atoms with Crippen molar-refractivity contribution in [1.29, 1.82) is 0 Å². The van der Waals surface area contributed by atoms with Gasteiger partial charge in [-0.15, -0.1) is 12.4 Å². The van der Waals surface area contributed by atoms with E-state index in [0.717, 1.165) is 13.1 Å². The van der Waals surface area contributed by atoms with Crippen molar-refractivity contribution in [3.8, 4) is 0 Å². The Kier molecular flexibility index (Phi) is 5.81. The molecule has 2 nitrogen and oxygen atoms in total. The predicted molar refractivity (Wildman–Crippen MR) is 71.2 cm³/mol. The van der Waals surface area contributed by atoms with Crippen molar-refractivity contribution in [2.45, 2.75) is 19.9 Å². The van der Waals surface area contributed by atoms with Crippen molar-refractivity contribution in [3.63, 3.8) is 0 Å². The first-order valence-corrected chi connectivity index (χ1v) is 5.83. The van der Waals surface area contributed by atoms with E-state index in [1.165, 1.54) is 37.2 Å². The summed E-state index contributed by atoms with van der Waals surface area (Å²) in [5, 5.41) is 3.43. The molecule has 1 fully saturated rings. The fourth-order valence-corrected chi connectivity index (χ4v) is 2.13. The van der Waals surface area contributed by atoms with Crippen molar-refractivity contribution in [1.82, 2.24) is 10.2 Å². The summed E-state index contributed by atoms with van der Waals surface area (Å²) in [5.74, 6) is 0. The van der Waals surface area contributed by atoms with Crippen LogP contribution in [-0.2, 0) is 6.54 Å². The molecule has 2 rings (SSSR count). The molecule has 0 amide bonds. The molecule has 0 aliphatic carbocycles. The van der Waals surface area contributed by atoms with Crippen LogP contribution in [0.4, 0.5) is 0 Å². The maximum absolute atomic E-state index is 3.43. The molecule has 0 spiro atoms. The molecule has 0 bridgehead atoms. The molecule has 1 aliphatic rings. The highest BCUT2D eigenvalue weighted by molar-refractivity contribution is 5.85. The number of aryl methyl sites for hydroxylation is 1. The average molecular weight is 241 g/mol. The van der Waals surface area contributed by atoms with Crippen LogP contribution in [0, 0.1) is 6.92 Å². The Morgan fingerprint density at radius 1 is 1.25 bits per heavy atom. The molecular formula is C13H21ClN2. The van der Waals surface area contributed by atoms with E-state index in [1.54, 1.807) is 0 Å². The van der Waals surface area contributed by atoms with Crippen LogP contribution in [0.2, 0.25) is 0 Å². The third kappa shape index (κ3) is 4.12. The molecule has 1 aromatic rings. The summed E-state index contributed by atoms with van der Waals surface area (Å²) in [4.78, 5) is 2.54. The minimum atomic E-state index is 0. The van der Waals surface area contributed by atoms with Crippen molar-refractivity contribution >= 4 is 12.4 Å². The van der Waals surface area contributed by atoms with E-state index >= 15 is 0 Å². The minimum Gasteiger partial charge on any atom is -0.315 e. The molecule has 0 aromatic heterocycles. The summed E-state index contributed by atoms with van der Waals surface area (Å²) in [6.07, 6.45) is 1.27. The third-order valence-electron chi connectivity index (χ3n) is 2.92. The number of rotatable bonds is 2. The van der Waals surface area contributed by atoms with Gasteiger partial charge in [0, 0.05) is 19.6 Å². The highest BCUT2D eigenvalue weighted by Crippen LogP contribution is 2.08. The molecule has 1 saturated heterocycles. The summed E-state index contributed by atoms with van der Waals surface area (Å²) in [7, 11) is 0. The van der Waals surface area contributed by atoms with Crippen LogP contribution in [0.25, 0.3) is 0 Å². The Hall–Kier alpha value is -0.570. The second-order valence-electron chi connectivity index (χ2n) is 4.37. The quantitative estimate of drug-likeness (QED) is 0.853. The van der Waals surface area contributed by atoms with Crippen molar-refractivity contribution in [3.05, 3.63) is 35.4 Å². The zero-order chi connectivity index (χ0) is 10.5. The van der Waals surface area contributed by atoms with Crippen LogP contribution in [0.15, 0.2) is 24.3 Å². The van der Waals surface area contributed by atoms with E-state index in [-0.39, 0.29) is 12.4 Å². The fraction of sp³-hybridized carbons (Fsp3) is 0.538. The van der Waals surface area contributed by atoms with Crippen LogP contribution < -0.4 is 5.32 Å². The van der Waals surface area contributed by atoms with Crippen LogP contribution in [0.3, 0.4) is 0 Å². The Labute approximate surface area is 104 Å². The summed E-state index contributed by atoms with van der Waals surface area (Å²) >= 11 is 0. The Balaban J connectivity index is 0.00000128. The van der Waals surface area contributed by atoms with Gasteiger partial charge < -0.3 is 5.32 Å². The average Bonchev–Trinajstić information content (AvgIpc) is 2.46. The summed E-state index contributed by atoms with van der Waals surface area (Å²) in [5.41, 5.74) is 2.80. The van der Waals surface area contributed by atoms with Gasteiger partial charge in [0.05, 0.1) is 0 Å². The molecule has 0 saturated carbocycles. The maximum Gasteiger partial charge on any atom is 0.0234 e. The number of hydrogen-bond donors (Lipinski definition) is 1. The zero-order valence-corrected chi connectivity index (χ0v) is 10.7. The lowest BCUT2D eigenvalue weighted by Gasteiger charge is -2.19. The van der Waals surface area contributed by atoms with Crippen molar-refractivity contribution < 1.29 is 0 Å². The number of benzene rings is 1. The number of nitrogens with zero attached hydrogens (tertiary/aromatic N) is 1. The predicted octanol–water partition coefficient (Wildman–Crippen LogP) is 2.21. The summed E-state index contributed by atoms with van der Waals surface area (Å²) in [6, 6.07) is 8.83. The van der Waals surface area contributed by atoms with E-state index in [9.17, 15) is 0 Å². The van der Waals surface area contributed by atoms with E-state index in [1.807, 2.05) is 0 Å². The second kappa shape index (κ2) is 6.89. The van der Waals surface area contributed by atoms with Crippen LogP contribution in [0.1, 0.15) is 17.5 Å². The Morgan fingerprint density at radius 2 is 2.12 bits per heavy atom. The first-order chi connectivity index (χ1) is 7.34. The smallest absolute Gasteiger partial charge is 0.0234 e. The lowest BCUT2D eigenvalue weighted by molar-refractivity contribution is 0.284. The van der Waals surface area contributed by atoms with E-state index in [0.29, 0.717) is 0 Å². The zero-order valence-electron chi connectivity index (χ0n) is 9.91. The lowest BCUT2D eigenvalue weighted by atomic mass is 10.1. The molecule has 1 N–H and O–H groups in total. The van der Waals surface area contributed by atoms with Gasteiger partial charge in [0.25, 0.3) is 0 Å². The minimum absolute atomic E-state index is 0.